The lowest BCUT2D eigenvalue weighted by Gasteiger charge is -2.10. The summed E-state index contributed by atoms with van der Waals surface area (Å²) >= 11 is 0. The minimum Gasteiger partial charge on any atom is -0.465 e. The Balaban J connectivity index is 3.66. The monoisotopic (exact) mass is 217 g/mol. The van der Waals surface area contributed by atoms with Gasteiger partial charge in [-0.25, -0.2) is 0 Å². The molecule has 0 aliphatic carbocycles. The molecule has 5 heteroatoms. The topological polar surface area (TPSA) is 67.4 Å². The summed E-state index contributed by atoms with van der Waals surface area (Å²) in [5.41, 5.74) is 0. The summed E-state index contributed by atoms with van der Waals surface area (Å²) in [6.07, 6.45) is 0.233. The van der Waals surface area contributed by atoms with Crippen molar-refractivity contribution in [3.05, 3.63) is 0 Å². The zero-order valence-corrected chi connectivity index (χ0v) is 9.34. The first-order chi connectivity index (χ1) is 7.63. The molecule has 0 saturated heterocycles. The molecule has 0 spiro atoms. The fraction of sp³-hybridized carbons (Fsp3) is 0.800. The van der Waals surface area contributed by atoms with Crippen molar-refractivity contribution in [2.24, 2.45) is 5.92 Å². The number of carbonyl (C=O) groups is 2. The number of ether oxygens (including phenoxy) is 1. The Labute approximate surface area is 92.0 Å². The van der Waals surface area contributed by atoms with Crippen molar-refractivity contribution in [2.45, 2.75) is 19.7 Å². The van der Waals surface area contributed by atoms with Crippen molar-refractivity contribution < 1.29 is 15.7 Å². The maximum absolute atomic E-state index is 11.2. The van der Waals surface area contributed by atoms with Crippen LogP contribution in [-0.4, -0.2) is 39.1 Å². The Morgan fingerprint density at radius 1 is 1.40 bits per heavy atom. The molecule has 5 nitrogen and oxygen atoms in total. The quantitative estimate of drug-likeness (QED) is 0.585. The Kier molecular flexibility index (Phi) is 6.57. The highest BCUT2D eigenvalue weighted by Gasteiger charge is 2.08. The number of rotatable bonds is 7. The van der Waals surface area contributed by atoms with E-state index in [1.54, 1.807) is 7.05 Å². The lowest BCUT2D eigenvalue weighted by Crippen LogP contribution is -2.23. The van der Waals surface area contributed by atoms with Crippen LogP contribution in [0.2, 0.25) is 0 Å². The molecule has 0 heterocycles. The van der Waals surface area contributed by atoms with Gasteiger partial charge in [0.1, 0.15) is 0 Å². The maximum Gasteiger partial charge on any atom is 0.306 e. The summed E-state index contributed by atoms with van der Waals surface area (Å²) < 4.78 is 12.2. The molecule has 1 unspecified atom stereocenters. The highest BCUT2D eigenvalue weighted by Crippen LogP contribution is 1.98. The fourth-order valence-corrected chi connectivity index (χ4v) is 0.971. The zero-order chi connectivity index (χ0) is 12.4. The molecule has 0 radical (unpaired) electrons. The van der Waals surface area contributed by atoms with Gasteiger partial charge in [0.2, 0.25) is 5.91 Å². The first kappa shape index (κ1) is 12.0. The highest BCUT2D eigenvalue weighted by atomic mass is 16.5. The molecule has 88 valence electrons. The van der Waals surface area contributed by atoms with Crippen molar-refractivity contribution in [1.29, 1.82) is 0 Å². The molecular weight excluding hydrogens is 196 g/mol. The van der Waals surface area contributed by atoms with E-state index < -0.39 is 5.97 Å². The van der Waals surface area contributed by atoms with E-state index in [0.717, 1.165) is 0 Å². The van der Waals surface area contributed by atoms with Gasteiger partial charge in [0.25, 0.3) is 0 Å². The molecule has 0 aromatic heterocycles. The van der Waals surface area contributed by atoms with Crippen LogP contribution in [0.15, 0.2) is 0 Å². The van der Waals surface area contributed by atoms with E-state index in [4.69, 9.17) is 6.11 Å². The molecule has 0 rings (SSSR count). The van der Waals surface area contributed by atoms with Crippen LogP contribution >= 0.6 is 0 Å². The van der Waals surface area contributed by atoms with Gasteiger partial charge >= 0.3 is 5.97 Å². The molecule has 1 atom stereocenters. The van der Waals surface area contributed by atoms with Gasteiger partial charge in [0, 0.05) is 27.3 Å². The third-order valence-corrected chi connectivity index (χ3v) is 1.81. The van der Waals surface area contributed by atoms with E-state index in [9.17, 15) is 9.59 Å². The molecule has 2 N–H and O–H groups in total. The second-order valence-electron chi connectivity index (χ2n) is 3.28. The Morgan fingerprint density at radius 3 is 2.67 bits per heavy atom. The van der Waals surface area contributed by atoms with Gasteiger partial charge in [0.05, 0.1) is 13.0 Å². The molecule has 1 amide bonds. The molecule has 0 bridgehead atoms. The summed E-state index contributed by atoms with van der Waals surface area (Å²) in [4.78, 5) is 22.1. The number of hydrogen-bond donors (Lipinski definition) is 2. The highest BCUT2D eigenvalue weighted by molar-refractivity contribution is 5.80. The van der Waals surface area contributed by atoms with Crippen LogP contribution in [0.3, 0.4) is 0 Å². The van der Waals surface area contributed by atoms with Crippen LogP contribution in [0.1, 0.15) is 21.1 Å². The number of nitrogens with one attached hydrogen (secondary N) is 2. The normalized spacial score (nSPS) is 12.8. The maximum atomic E-state index is 11.2. The number of hydrogen-bond acceptors (Lipinski definition) is 4. The molecular formula is C10H20N2O3. The fourth-order valence-electron chi connectivity index (χ4n) is 0.971. The van der Waals surface area contributed by atoms with Crippen molar-refractivity contribution in [2.75, 3.05) is 27.2 Å². The minimum atomic E-state index is -0.391. The van der Waals surface area contributed by atoms with Crippen molar-refractivity contribution in [3.63, 3.8) is 0 Å². The predicted octanol–water partition coefficient (Wildman–Crippen LogP) is -0.0887. The summed E-state index contributed by atoms with van der Waals surface area (Å²) in [5, 5.41) is 5.36. The van der Waals surface area contributed by atoms with Gasteiger partial charge in [-0.05, 0) is 7.05 Å². The minimum absolute atomic E-state index is 0.00829. The van der Waals surface area contributed by atoms with E-state index in [2.05, 4.69) is 10.6 Å². The largest absolute Gasteiger partial charge is 0.465 e. The summed E-state index contributed by atoms with van der Waals surface area (Å²) in [5.74, 6) is -0.559. The number of amides is 1. The smallest absolute Gasteiger partial charge is 0.306 e. The lowest BCUT2D eigenvalue weighted by molar-refractivity contribution is -0.146. The van der Waals surface area contributed by atoms with Gasteiger partial charge in [-0.2, -0.15) is 0 Å². The van der Waals surface area contributed by atoms with Gasteiger partial charge in [-0.3, -0.25) is 9.59 Å². The van der Waals surface area contributed by atoms with Gasteiger partial charge in [-0.1, -0.05) is 6.90 Å². The lowest BCUT2D eigenvalue weighted by atomic mass is 10.2. The van der Waals surface area contributed by atoms with E-state index in [1.807, 2.05) is 0 Å². The molecule has 0 aliphatic rings. The Morgan fingerprint density at radius 2 is 2.13 bits per heavy atom. The van der Waals surface area contributed by atoms with Gasteiger partial charge < -0.3 is 15.4 Å². The molecule has 0 aromatic rings. The zero-order valence-electron chi connectivity index (χ0n) is 10.3. The van der Waals surface area contributed by atoms with Crippen LogP contribution < -0.4 is 10.6 Å². The van der Waals surface area contributed by atoms with E-state index in [1.165, 1.54) is 7.05 Å². The number of carbonyl (C=O) groups excluding carboxylic acids is 2. The summed E-state index contributed by atoms with van der Waals surface area (Å²) in [7, 11) is 3.31. The predicted molar refractivity (Wildman–Crippen MR) is 57.4 cm³/mol. The molecule has 0 aromatic carbocycles. The van der Waals surface area contributed by atoms with Crippen LogP contribution in [-0.2, 0) is 14.3 Å². The Hall–Kier alpha value is -1.10. The standard InChI is InChI=1S/C10H20N2O3/c1-8(6-11-2)7-15-10(14)5-4-9(13)12-3/h8,11H,4-7H2,1-3H3,(H,12,13)/i1D. The molecule has 0 aliphatic heterocycles. The SMILES string of the molecule is [2H]CC(CNC)COC(=O)CCC(=O)NC. The van der Waals surface area contributed by atoms with Gasteiger partial charge in [0.15, 0.2) is 0 Å². The van der Waals surface area contributed by atoms with Crippen molar-refractivity contribution >= 4 is 11.9 Å². The molecule has 0 saturated carbocycles. The van der Waals surface area contributed by atoms with Gasteiger partial charge in [-0.15, -0.1) is 0 Å². The van der Waals surface area contributed by atoms with Crippen molar-refractivity contribution in [1.82, 2.24) is 10.6 Å². The van der Waals surface area contributed by atoms with Crippen LogP contribution in [0.25, 0.3) is 0 Å². The third-order valence-electron chi connectivity index (χ3n) is 1.81. The number of esters is 1. The van der Waals surface area contributed by atoms with Crippen LogP contribution in [0.4, 0.5) is 0 Å². The van der Waals surface area contributed by atoms with E-state index in [-0.39, 0.29) is 38.2 Å². The average Bonchev–Trinajstić information content (AvgIpc) is 2.31. The summed E-state index contributed by atoms with van der Waals surface area (Å²) in [6, 6.07) is 0. The van der Waals surface area contributed by atoms with Crippen molar-refractivity contribution in [3.8, 4) is 0 Å². The second kappa shape index (κ2) is 8.23. The van der Waals surface area contributed by atoms with Crippen LogP contribution in [0.5, 0.6) is 0 Å². The van der Waals surface area contributed by atoms with E-state index in [0.29, 0.717) is 6.54 Å². The molecule has 15 heavy (non-hydrogen) atoms. The first-order valence-electron chi connectivity index (χ1n) is 5.64. The Bertz CT molecular complexity index is 224. The first-order valence-corrected chi connectivity index (χ1v) is 4.94. The van der Waals surface area contributed by atoms with E-state index >= 15 is 0 Å². The van der Waals surface area contributed by atoms with Crippen LogP contribution in [0, 0.1) is 5.92 Å². The average molecular weight is 217 g/mol. The summed E-state index contributed by atoms with van der Waals surface area (Å²) in [6.45, 7) is 1.09. The second-order valence-corrected chi connectivity index (χ2v) is 3.28. The molecule has 0 fully saturated rings. The third kappa shape index (κ3) is 7.93.